The van der Waals surface area contributed by atoms with Gasteiger partial charge in [-0.2, -0.15) is 5.10 Å². The van der Waals surface area contributed by atoms with Crippen molar-refractivity contribution in [2.45, 2.75) is 6.54 Å². The van der Waals surface area contributed by atoms with Crippen molar-refractivity contribution in [2.75, 3.05) is 19.0 Å². The van der Waals surface area contributed by atoms with Gasteiger partial charge in [-0.15, -0.1) is 0 Å². The van der Waals surface area contributed by atoms with Gasteiger partial charge < -0.3 is 10.6 Å². The minimum absolute atomic E-state index is 0.489. The van der Waals surface area contributed by atoms with Gasteiger partial charge in [-0.05, 0) is 18.2 Å². The maximum Gasteiger partial charge on any atom is 0.0924 e. The van der Waals surface area contributed by atoms with Gasteiger partial charge in [0, 0.05) is 37.6 Å². The number of nitrogens with one attached hydrogen (secondary N) is 1. The molecule has 0 bridgehead atoms. The molecule has 0 saturated heterocycles. The van der Waals surface area contributed by atoms with Crippen LogP contribution in [0.3, 0.4) is 0 Å². The van der Waals surface area contributed by atoms with E-state index in [0.717, 1.165) is 17.0 Å². The summed E-state index contributed by atoms with van der Waals surface area (Å²) in [6, 6.07) is 10.3. The molecule has 2 aromatic rings. The highest BCUT2D eigenvalue weighted by molar-refractivity contribution is 5.63. The second-order valence-corrected chi connectivity index (χ2v) is 3.92. The monoisotopic (exact) mass is 216 g/mol. The van der Waals surface area contributed by atoms with Gasteiger partial charge in [-0.3, -0.25) is 5.10 Å². The molecular weight excluding hydrogens is 200 g/mol. The molecule has 0 aliphatic carbocycles. The van der Waals surface area contributed by atoms with E-state index < -0.39 is 0 Å². The molecule has 0 spiro atoms. The van der Waals surface area contributed by atoms with Crippen molar-refractivity contribution >= 4 is 5.69 Å². The summed E-state index contributed by atoms with van der Waals surface area (Å²) in [4.78, 5) is 2.07. The van der Waals surface area contributed by atoms with Crippen molar-refractivity contribution in [3.05, 3.63) is 36.0 Å². The zero-order valence-electron chi connectivity index (χ0n) is 9.57. The van der Waals surface area contributed by atoms with Gasteiger partial charge in [0.05, 0.1) is 5.69 Å². The highest BCUT2D eigenvalue weighted by Crippen LogP contribution is 2.21. The smallest absolute Gasteiger partial charge is 0.0924 e. The van der Waals surface area contributed by atoms with E-state index >= 15 is 0 Å². The van der Waals surface area contributed by atoms with Crippen molar-refractivity contribution in [3.63, 3.8) is 0 Å². The lowest BCUT2D eigenvalue weighted by Gasteiger charge is -2.11. The molecule has 0 aliphatic heterocycles. The topological polar surface area (TPSA) is 57.9 Å². The number of anilines is 1. The van der Waals surface area contributed by atoms with Crippen LogP contribution in [0.1, 0.15) is 5.69 Å². The zero-order chi connectivity index (χ0) is 11.5. The molecular formula is C12H16N4. The van der Waals surface area contributed by atoms with Crippen LogP contribution in [-0.4, -0.2) is 24.3 Å². The summed E-state index contributed by atoms with van der Waals surface area (Å²) in [6.07, 6.45) is 0. The molecule has 0 amide bonds. The number of aromatic amines is 1. The second kappa shape index (κ2) is 4.37. The van der Waals surface area contributed by atoms with Crippen LogP contribution >= 0.6 is 0 Å². The number of benzene rings is 1. The second-order valence-electron chi connectivity index (χ2n) is 3.92. The van der Waals surface area contributed by atoms with E-state index in [0.29, 0.717) is 6.54 Å². The number of hydrogen-bond acceptors (Lipinski definition) is 3. The van der Waals surface area contributed by atoms with E-state index in [9.17, 15) is 0 Å². The third kappa shape index (κ3) is 2.06. The Hall–Kier alpha value is -1.81. The van der Waals surface area contributed by atoms with E-state index in [1.54, 1.807) is 0 Å². The Labute approximate surface area is 95.1 Å². The highest BCUT2D eigenvalue weighted by atomic mass is 15.1. The Balaban J connectivity index is 2.27. The van der Waals surface area contributed by atoms with Gasteiger partial charge in [0.1, 0.15) is 0 Å². The molecule has 1 aromatic heterocycles. The molecule has 4 nitrogen and oxygen atoms in total. The molecule has 0 fully saturated rings. The van der Waals surface area contributed by atoms with Crippen LogP contribution in [0.2, 0.25) is 0 Å². The van der Waals surface area contributed by atoms with Gasteiger partial charge in [-0.25, -0.2) is 0 Å². The van der Waals surface area contributed by atoms with Crippen molar-refractivity contribution in [1.29, 1.82) is 0 Å². The van der Waals surface area contributed by atoms with Gasteiger partial charge in [0.25, 0.3) is 0 Å². The molecule has 0 radical (unpaired) electrons. The molecule has 16 heavy (non-hydrogen) atoms. The summed E-state index contributed by atoms with van der Waals surface area (Å²) in [5.74, 6) is 0. The molecule has 2 rings (SSSR count). The fourth-order valence-corrected chi connectivity index (χ4v) is 1.54. The third-order valence-corrected chi connectivity index (χ3v) is 2.53. The largest absolute Gasteiger partial charge is 0.378 e. The summed E-state index contributed by atoms with van der Waals surface area (Å²) in [6.45, 7) is 0.489. The molecule has 4 heteroatoms. The normalized spacial score (nSPS) is 10.4. The number of aromatic nitrogens is 2. The minimum atomic E-state index is 0.489. The summed E-state index contributed by atoms with van der Waals surface area (Å²) in [5, 5.41) is 7.12. The first-order valence-corrected chi connectivity index (χ1v) is 5.23. The lowest BCUT2D eigenvalue weighted by Crippen LogP contribution is -2.07. The van der Waals surface area contributed by atoms with Crippen LogP contribution in [0, 0.1) is 0 Å². The standard InChI is InChI=1S/C12H16N4/c1-16(2)11-5-3-9(4-6-11)12-7-10(8-13)14-15-12/h3-7H,8,13H2,1-2H3,(H,14,15). The SMILES string of the molecule is CN(C)c1ccc(-c2cc(CN)[nH]n2)cc1. The molecule has 1 aromatic carbocycles. The predicted octanol–water partition coefficient (Wildman–Crippen LogP) is 1.60. The molecule has 0 atom stereocenters. The first-order valence-electron chi connectivity index (χ1n) is 5.23. The third-order valence-electron chi connectivity index (χ3n) is 2.53. The van der Waals surface area contributed by atoms with Crippen LogP contribution in [0.25, 0.3) is 11.3 Å². The number of nitrogens with zero attached hydrogens (tertiary/aromatic N) is 2. The van der Waals surface area contributed by atoms with Crippen LogP contribution in [-0.2, 0) is 6.54 Å². The minimum Gasteiger partial charge on any atom is -0.378 e. The summed E-state index contributed by atoms with van der Waals surface area (Å²) in [5.41, 5.74) is 9.69. The first kappa shape index (κ1) is 10.7. The van der Waals surface area contributed by atoms with Crippen molar-refractivity contribution in [3.8, 4) is 11.3 Å². The maximum atomic E-state index is 5.53. The Morgan fingerprint density at radius 3 is 2.44 bits per heavy atom. The zero-order valence-corrected chi connectivity index (χ0v) is 9.57. The van der Waals surface area contributed by atoms with Crippen molar-refractivity contribution < 1.29 is 0 Å². The van der Waals surface area contributed by atoms with Crippen molar-refractivity contribution in [2.24, 2.45) is 5.73 Å². The Morgan fingerprint density at radius 2 is 1.94 bits per heavy atom. The van der Waals surface area contributed by atoms with Crippen LogP contribution < -0.4 is 10.6 Å². The van der Waals surface area contributed by atoms with Crippen LogP contribution in [0.4, 0.5) is 5.69 Å². The first-order chi connectivity index (χ1) is 7.70. The number of H-pyrrole nitrogens is 1. The van der Waals surface area contributed by atoms with E-state index in [2.05, 4.69) is 39.4 Å². The van der Waals surface area contributed by atoms with Crippen LogP contribution in [0.15, 0.2) is 30.3 Å². The quantitative estimate of drug-likeness (QED) is 0.819. The fourth-order valence-electron chi connectivity index (χ4n) is 1.54. The van der Waals surface area contributed by atoms with E-state index in [1.807, 2.05) is 20.2 Å². The molecule has 3 N–H and O–H groups in total. The lowest BCUT2D eigenvalue weighted by molar-refractivity contribution is 0.948. The molecule has 84 valence electrons. The molecule has 1 heterocycles. The average Bonchev–Trinajstić information content (AvgIpc) is 2.77. The summed E-state index contributed by atoms with van der Waals surface area (Å²) in [7, 11) is 4.05. The Kier molecular flexibility index (Phi) is 2.92. The van der Waals surface area contributed by atoms with Gasteiger partial charge in [0.2, 0.25) is 0 Å². The van der Waals surface area contributed by atoms with Gasteiger partial charge in [0.15, 0.2) is 0 Å². The Bertz CT molecular complexity index is 456. The van der Waals surface area contributed by atoms with E-state index in [1.165, 1.54) is 5.69 Å². The predicted molar refractivity (Wildman–Crippen MR) is 66.2 cm³/mol. The highest BCUT2D eigenvalue weighted by Gasteiger charge is 2.03. The van der Waals surface area contributed by atoms with E-state index in [-0.39, 0.29) is 0 Å². The average molecular weight is 216 g/mol. The van der Waals surface area contributed by atoms with E-state index in [4.69, 9.17) is 5.73 Å². The summed E-state index contributed by atoms with van der Waals surface area (Å²) >= 11 is 0. The lowest BCUT2D eigenvalue weighted by atomic mass is 10.1. The fraction of sp³-hybridized carbons (Fsp3) is 0.250. The summed E-state index contributed by atoms with van der Waals surface area (Å²) < 4.78 is 0. The Morgan fingerprint density at radius 1 is 1.25 bits per heavy atom. The van der Waals surface area contributed by atoms with Crippen molar-refractivity contribution in [1.82, 2.24) is 10.2 Å². The molecule has 0 aliphatic rings. The maximum absolute atomic E-state index is 5.53. The molecule has 0 saturated carbocycles. The van der Waals surface area contributed by atoms with Gasteiger partial charge >= 0.3 is 0 Å². The number of rotatable bonds is 3. The van der Waals surface area contributed by atoms with Crippen LogP contribution in [0.5, 0.6) is 0 Å². The van der Waals surface area contributed by atoms with Gasteiger partial charge in [-0.1, -0.05) is 12.1 Å². The molecule has 0 unspecified atom stereocenters. The number of hydrogen-bond donors (Lipinski definition) is 2. The number of nitrogens with two attached hydrogens (primary N) is 1.